The van der Waals surface area contributed by atoms with Crippen molar-refractivity contribution in [1.29, 1.82) is 0 Å². The van der Waals surface area contributed by atoms with E-state index in [0.29, 0.717) is 0 Å². The minimum absolute atomic E-state index is 0.0984. The minimum atomic E-state index is -0.860. The number of hydrogen-bond acceptors (Lipinski definition) is 7. The predicted molar refractivity (Wildman–Crippen MR) is 74.6 cm³/mol. The summed E-state index contributed by atoms with van der Waals surface area (Å²) in [6.45, 7) is 1.70. The van der Waals surface area contributed by atoms with Gasteiger partial charge in [-0.2, -0.15) is 5.11 Å². The normalized spacial score (nSPS) is 12.1. The van der Waals surface area contributed by atoms with Crippen molar-refractivity contribution in [2.24, 2.45) is 10.2 Å². The van der Waals surface area contributed by atoms with E-state index in [1.807, 2.05) is 0 Å². The molecule has 8 nitrogen and oxygen atoms in total. The lowest BCUT2D eigenvalue weighted by molar-refractivity contribution is -0.384. The summed E-state index contributed by atoms with van der Waals surface area (Å²) in [7, 11) is 0. The van der Waals surface area contributed by atoms with Crippen LogP contribution in [0.15, 0.2) is 46.0 Å². The number of esters is 1. The molecule has 0 aromatic heterocycles. The number of carbonyl (C=O) groups excluding carboxylic acids is 1. The lowest BCUT2D eigenvalue weighted by atomic mass is 10.3. The first-order valence-corrected chi connectivity index (χ1v) is 6.34. The van der Waals surface area contributed by atoms with Crippen molar-refractivity contribution in [3.05, 3.63) is 45.8 Å². The van der Waals surface area contributed by atoms with Crippen molar-refractivity contribution in [2.75, 3.05) is 12.5 Å². The number of azo groups is 1. The summed E-state index contributed by atoms with van der Waals surface area (Å²) in [6.07, 6.45) is 0. The van der Waals surface area contributed by atoms with Crippen LogP contribution in [0.4, 0.5) is 11.4 Å². The number of nitro groups is 1. The van der Waals surface area contributed by atoms with Crippen molar-refractivity contribution in [1.82, 2.24) is 0 Å². The molecule has 112 valence electrons. The number of aliphatic hydroxyl groups is 1. The Hall–Kier alpha value is -2.48. The van der Waals surface area contributed by atoms with Crippen LogP contribution in [0.3, 0.4) is 0 Å². The second-order valence-corrected chi connectivity index (χ2v) is 3.89. The maximum absolute atomic E-state index is 11.6. The molecule has 0 atom stereocenters. The fourth-order valence-corrected chi connectivity index (χ4v) is 1.35. The highest BCUT2D eigenvalue weighted by Crippen LogP contribution is 2.20. The van der Waals surface area contributed by atoms with Crippen molar-refractivity contribution < 1.29 is 19.6 Å². The van der Waals surface area contributed by atoms with E-state index in [2.05, 4.69) is 10.2 Å². The van der Waals surface area contributed by atoms with Gasteiger partial charge in [-0.25, -0.2) is 4.79 Å². The SMILES string of the molecule is CCOC(=O)/C(N=Nc1ccc([N+](=O)[O-])cc1)=C(/O)CCl. The van der Waals surface area contributed by atoms with E-state index >= 15 is 0 Å². The van der Waals surface area contributed by atoms with Crippen LogP contribution in [0.2, 0.25) is 0 Å². The lowest BCUT2D eigenvalue weighted by Crippen LogP contribution is -2.09. The molecule has 0 aliphatic heterocycles. The van der Waals surface area contributed by atoms with E-state index in [1.54, 1.807) is 6.92 Å². The third-order valence-corrected chi connectivity index (χ3v) is 2.45. The van der Waals surface area contributed by atoms with Gasteiger partial charge in [-0.1, -0.05) is 0 Å². The summed E-state index contributed by atoms with van der Waals surface area (Å²) >= 11 is 5.44. The highest BCUT2D eigenvalue weighted by Gasteiger charge is 2.16. The quantitative estimate of drug-likeness (QED) is 0.165. The topological polar surface area (TPSA) is 114 Å². The number of hydrogen-bond donors (Lipinski definition) is 1. The van der Waals surface area contributed by atoms with Gasteiger partial charge in [0.15, 0.2) is 0 Å². The number of benzene rings is 1. The highest BCUT2D eigenvalue weighted by atomic mass is 35.5. The fraction of sp³-hybridized carbons (Fsp3) is 0.250. The molecule has 0 spiro atoms. The Morgan fingerprint density at radius 2 is 2.05 bits per heavy atom. The zero-order valence-electron chi connectivity index (χ0n) is 11.0. The van der Waals surface area contributed by atoms with Gasteiger partial charge < -0.3 is 9.84 Å². The zero-order valence-corrected chi connectivity index (χ0v) is 11.8. The molecule has 21 heavy (non-hydrogen) atoms. The number of halogens is 1. The van der Waals surface area contributed by atoms with Crippen LogP contribution in [-0.2, 0) is 9.53 Å². The first kappa shape index (κ1) is 16.6. The molecule has 0 radical (unpaired) electrons. The van der Waals surface area contributed by atoms with E-state index in [1.165, 1.54) is 24.3 Å². The van der Waals surface area contributed by atoms with Crippen LogP contribution in [0, 0.1) is 10.1 Å². The summed E-state index contributed by atoms with van der Waals surface area (Å²) in [6, 6.07) is 5.18. The minimum Gasteiger partial charge on any atom is -0.508 e. The van der Waals surface area contributed by atoms with Crippen molar-refractivity contribution in [2.45, 2.75) is 6.92 Å². The molecular weight excluding hydrogens is 302 g/mol. The lowest BCUT2D eigenvalue weighted by Gasteiger charge is -2.03. The second kappa shape index (κ2) is 7.95. The largest absolute Gasteiger partial charge is 0.508 e. The van der Waals surface area contributed by atoms with Gasteiger partial charge in [0.05, 0.1) is 23.1 Å². The summed E-state index contributed by atoms with van der Waals surface area (Å²) < 4.78 is 4.71. The maximum atomic E-state index is 11.6. The molecule has 1 aromatic rings. The second-order valence-electron chi connectivity index (χ2n) is 3.62. The summed E-state index contributed by atoms with van der Waals surface area (Å²) in [5.41, 5.74) is -0.242. The molecule has 0 saturated heterocycles. The average Bonchev–Trinajstić information content (AvgIpc) is 2.47. The molecule has 0 saturated carbocycles. The molecule has 9 heteroatoms. The first-order chi connectivity index (χ1) is 9.99. The van der Waals surface area contributed by atoms with Crippen molar-refractivity contribution in [3.8, 4) is 0 Å². The van der Waals surface area contributed by atoms with Crippen LogP contribution in [-0.4, -0.2) is 28.5 Å². The van der Waals surface area contributed by atoms with Gasteiger partial charge in [0.2, 0.25) is 5.70 Å². The van der Waals surface area contributed by atoms with Gasteiger partial charge in [0.1, 0.15) is 5.76 Å². The van der Waals surface area contributed by atoms with Crippen LogP contribution in [0.1, 0.15) is 6.92 Å². The van der Waals surface area contributed by atoms with Crippen LogP contribution in [0.25, 0.3) is 0 Å². The molecule has 0 unspecified atom stereocenters. The molecule has 0 amide bonds. The van der Waals surface area contributed by atoms with Gasteiger partial charge >= 0.3 is 5.97 Å². The number of non-ortho nitro benzene ring substituents is 1. The molecule has 1 rings (SSSR count). The molecular formula is C12H12ClN3O5. The number of nitrogens with zero attached hydrogens (tertiary/aromatic N) is 3. The van der Waals surface area contributed by atoms with Gasteiger partial charge in [-0.15, -0.1) is 16.7 Å². The van der Waals surface area contributed by atoms with Crippen molar-refractivity contribution >= 4 is 28.9 Å². The van der Waals surface area contributed by atoms with Crippen LogP contribution >= 0.6 is 11.6 Å². The Balaban J connectivity index is 2.98. The standard InChI is InChI=1S/C12H12ClN3O5/c1-2-21-12(18)11(10(17)7-13)15-14-8-3-5-9(6-4-8)16(19)20/h3-6,17H,2,7H2,1H3/b11-10-,15-14?. The third-order valence-electron chi connectivity index (χ3n) is 2.19. The number of carbonyl (C=O) groups is 1. The average molecular weight is 314 g/mol. The third kappa shape index (κ3) is 4.84. The van der Waals surface area contributed by atoms with E-state index in [9.17, 15) is 20.0 Å². The van der Waals surface area contributed by atoms with E-state index in [-0.39, 0.29) is 23.9 Å². The molecule has 0 fully saturated rings. The number of rotatable bonds is 6. The van der Waals surface area contributed by atoms with Crippen LogP contribution in [0.5, 0.6) is 0 Å². The van der Waals surface area contributed by atoms with Crippen LogP contribution < -0.4 is 0 Å². The van der Waals surface area contributed by atoms with E-state index < -0.39 is 22.3 Å². The number of alkyl halides is 1. The van der Waals surface area contributed by atoms with Gasteiger partial charge in [0.25, 0.3) is 5.69 Å². The number of allylic oxidation sites excluding steroid dienone is 1. The first-order valence-electron chi connectivity index (χ1n) is 5.81. The highest BCUT2D eigenvalue weighted by molar-refractivity contribution is 6.19. The summed E-state index contributed by atoms with van der Waals surface area (Å²) in [4.78, 5) is 21.5. The summed E-state index contributed by atoms with van der Waals surface area (Å²) in [5, 5.41) is 27.3. The Morgan fingerprint density at radius 1 is 1.43 bits per heavy atom. The molecule has 1 N–H and O–H groups in total. The van der Waals surface area contributed by atoms with Crippen molar-refractivity contribution in [3.63, 3.8) is 0 Å². The number of ether oxygens (including phenoxy) is 1. The molecule has 0 aliphatic carbocycles. The Bertz CT molecular complexity index is 583. The maximum Gasteiger partial charge on any atom is 0.362 e. The monoisotopic (exact) mass is 313 g/mol. The molecule has 1 aromatic carbocycles. The predicted octanol–water partition coefficient (Wildman–Crippen LogP) is 3.25. The summed E-state index contributed by atoms with van der Waals surface area (Å²) in [5.74, 6) is -1.66. The Morgan fingerprint density at radius 3 is 2.52 bits per heavy atom. The van der Waals surface area contributed by atoms with Gasteiger partial charge in [-0.3, -0.25) is 10.1 Å². The number of nitro benzene ring substituents is 1. The Kier molecular flexibility index (Phi) is 6.28. The van der Waals surface area contributed by atoms with Gasteiger partial charge in [-0.05, 0) is 19.1 Å². The smallest absolute Gasteiger partial charge is 0.362 e. The van der Waals surface area contributed by atoms with Gasteiger partial charge in [0, 0.05) is 12.1 Å². The fourth-order valence-electron chi connectivity index (χ4n) is 1.23. The zero-order chi connectivity index (χ0) is 15.8. The van der Waals surface area contributed by atoms with E-state index in [0.717, 1.165) is 0 Å². The molecule has 0 aliphatic rings. The Labute approximate surface area is 124 Å². The molecule has 0 heterocycles. The van der Waals surface area contributed by atoms with E-state index in [4.69, 9.17) is 16.3 Å². The molecule has 0 bridgehead atoms. The number of aliphatic hydroxyl groups excluding tert-OH is 1.